The van der Waals surface area contributed by atoms with Gasteiger partial charge in [-0.3, -0.25) is 0 Å². The molecule has 7 heavy (non-hydrogen) atoms. The molecule has 0 aromatic rings. The largest absolute Gasteiger partial charge is 0.337 e. The van der Waals surface area contributed by atoms with E-state index in [1.165, 1.54) is 12.4 Å². The molecule has 0 atom stereocenters. The summed E-state index contributed by atoms with van der Waals surface area (Å²) >= 11 is 0. The predicted molar refractivity (Wildman–Crippen MR) is 19.6 cm³/mol. The van der Waals surface area contributed by atoms with Gasteiger partial charge in [0.1, 0.15) is 0 Å². The molecule has 0 aliphatic carbocycles. The number of hydrogen-bond acceptors (Lipinski definition) is 4. The predicted octanol–water partition coefficient (Wildman–Crippen LogP) is -1.15. The van der Waals surface area contributed by atoms with Gasteiger partial charge in [-0.2, -0.15) is 10.5 Å². The first-order chi connectivity index (χ1) is 2.83. The van der Waals surface area contributed by atoms with Gasteiger partial charge in [0.15, 0.2) is 12.4 Å². The fraction of sp³-hybridized carbons (Fsp3) is 0. The van der Waals surface area contributed by atoms with Crippen LogP contribution in [-0.2, 0) is 19.5 Å². The maximum Gasteiger partial charge on any atom is 0.173 e. The number of nitrogens with two attached hydrogens (primary N) is 2. The van der Waals surface area contributed by atoms with E-state index in [-0.39, 0.29) is 19.5 Å². The maximum absolute atomic E-state index is 7.10. The van der Waals surface area contributed by atoms with Gasteiger partial charge in [-0.25, -0.2) is 0 Å². The first-order valence-electron chi connectivity index (χ1n) is 1.02. The molecule has 0 amide bonds. The second-order valence-electron chi connectivity index (χ2n) is 0.258. The Bertz CT molecular complexity index is 64.7. The number of rotatable bonds is 0. The Morgan fingerprint density at radius 1 is 1.00 bits per heavy atom. The Balaban J connectivity index is -0.0000000400. The molecule has 0 fully saturated rings. The zero-order valence-electron chi connectivity index (χ0n) is 3.76. The maximum atomic E-state index is 7.10. The van der Waals surface area contributed by atoms with Gasteiger partial charge < -0.3 is 11.5 Å². The van der Waals surface area contributed by atoms with E-state index in [2.05, 4.69) is 11.5 Å². The van der Waals surface area contributed by atoms with E-state index in [9.17, 15) is 0 Å². The molecule has 0 saturated carbocycles. The van der Waals surface area contributed by atoms with Crippen LogP contribution in [0.15, 0.2) is 0 Å². The van der Waals surface area contributed by atoms with E-state index in [1.54, 1.807) is 0 Å². The zero-order chi connectivity index (χ0) is 5.41. The molecule has 0 bridgehead atoms. The number of hydrogen-bond donors (Lipinski definition) is 2. The minimum absolute atomic E-state index is 0. The van der Waals surface area contributed by atoms with Crippen molar-refractivity contribution in [3.05, 3.63) is 0 Å². The molecular formula is C2H4N4Zn. The van der Waals surface area contributed by atoms with Crippen molar-refractivity contribution in [1.29, 1.82) is 10.5 Å². The molecule has 4 nitrogen and oxygen atoms in total. The zero-order valence-corrected chi connectivity index (χ0v) is 6.72. The molecule has 0 aliphatic heterocycles. The molecule has 4 N–H and O–H groups in total. The second kappa shape index (κ2) is 63.5. The van der Waals surface area contributed by atoms with Crippen molar-refractivity contribution in [2.24, 2.45) is 11.5 Å². The summed E-state index contributed by atoms with van der Waals surface area (Å²) in [6.45, 7) is 0. The molecule has 0 aromatic heterocycles. The molecule has 34 valence electrons. The first kappa shape index (κ1) is 16.4. The summed E-state index contributed by atoms with van der Waals surface area (Å²) in [6, 6.07) is 0. The molecule has 0 heterocycles. The van der Waals surface area contributed by atoms with Crippen LogP contribution in [0.2, 0.25) is 0 Å². The van der Waals surface area contributed by atoms with Crippen LogP contribution in [0.3, 0.4) is 0 Å². The van der Waals surface area contributed by atoms with E-state index in [1.807, 2.05) is 0 Å². The molecular weight excluding hydrogens is 145 g/mol. The van der Waals surface area contributed by atoms with Crippen LogP contribution in [0, 0.1) is 22.9 Å². The average molecular weight is 149 g/mol. The summed E-state index contributed by atoms with van der Waals surface area (Å²) in [6.07, 6.45) is 2.50. The van der Waals surface area contributed by atoms with Crippen LogP contribution in [0.25, 0.3) is 0 Å². The molecule has 0 aliphatic rings. The smallest absolute Gasteiger partial charge is 0.173 e. The molecule has 0 aromatic carbocycles. The molecule has 0 unspecified atom stereocenters. The van der Waals surface area contributed by atoms with Crippen LogP contribution < -0.4 is 11.5 Å². The molecule has 0 rings (SSSR count). The van der Waals surface area contributed by atoms with Crippen LogP contribution in [0.5, 0.6) is 0 Å². The quantitative estimate of drug-likeness (QED) is 0.258. The van der Waals surface area contributed by atoms with Crippen LogP contribution in [0.4, 0.5) is 0 Å². The number of nitriles is 2. The van der Waals surface area contributed by atoms with Crippen molar-refractivity contribution in [2.45, 2.75) is 0 Å². The van der Waals surface area contributed by atoms with Gasteiger partial charge in [0.25, 0.3) is 0 Å². The summed E-state index contributed by atoms with van der Waals surface area (Å²) in [4.78, 5) is 0. The summed E-state index contributed by atoms with van der Waals surface area (Å²) in [5.74, 6) is 0. The van der Waals surface area contributed by atoms with Gasteiger partial charge >= 0.3 is 0 Å². The Labute approximate surface area is 54.5 Å². The average Bonchev–Trinajstić information content (AvgIpc) is 1.39. The third kappa shape index (κ3) is 84.1. The summed E-state index contributed by atoms with van der Waals surface area (Å²) in [5, 5.41) is 14.2. The number of nitrogens with zero attached hydrogens (tertiary/aromatic N) is 2. The van der Waals surface area contributed by atoms with Gasteiger partial charge in [-0.15, -0.1) is 0 Å². The summed E-state index contributed by atoms with van der Waals surface area (Å²) in [7, 11) is 0. The Morgan fingerprint density at radius 2 is 1.00 bits per heavy atom. The van der Waals surface area contributed by atoms with E-state index in [0.29, 0.717) is 0 Å². The van der Waals surface area contributed by atoms with E-state index in [4.69, 9.17) is 10.5 Å². The van der Waals surface area contributed by atoms with E-state index >= 15 is 0 Å². The Hall–Kier alpha value is -0.797. The Kier molecular flexibility index (Phi) is 148. The van der Waals surface area contributed by atoms with Gasteiger partial charge in [-0.05, 0) is 0 Å². The second-order valence-corrected chi connectivity index (χ2v) is 0.258. The molecule has 0 spiro atoms. The third-order valence-corrected chi connectivity index (χ3v) is 0. The minimum Gasteiger partial charge on any atom is -0.337 e. The van der Waals surface area contributed by atoms with Crippen molar-refractivity contribution < 1.29 is 19.5 Å². The van der Waals surface area contributed by atoms with Crippen molar-refractivity contribution in [1.82, 2.24) is 0 Å². The summed E-state index contributed by atoms with van der Waals surface area (Å²) < 4.78 is 0. The van der Waals surface area contributed by atoms with Gasteiger partial charge in [0.05, 0.1) is 0 Å². The Morgan fingerprint density at radius 3 is 1.00 bits per heavy atom. The summed E-state index contributed by atoms with van der Waals surface area (Å²) in [5.41, 5.74) is 8.31. The van der Waals surface area contributed by atoms with Crippen molar-refractivity contribution in [3.8, 4) is 12.4 Å². The topological polar surface area (TPSA) is 99.6 Å². The van der Waals surface area contributed by atoms with Crippen molar-refractivity contribution in [2.75, 3.05) is 0 Å². The fourth-order valence-corrected chi connectivity index (χ4v) is 0. The SMILES string of the molecule is N#CN.N#CN.[Zn]. The third-order valence-electron chi connectivity index (χ3n) is 0. The van der Waals surface area contributed by atoms with Crippen molar-refractivity contribution >= 4 is 0 Å². The minimum atomic E-state index is 0. The fourth-order valence-electron chi connectivity index (χ4n) is 0. The standard InChI is InChI=1S/2CH2N2.Zn/c2*2-1-3;/h2*2H2;. The first-order valence-corrected chi connectivity index (χ1v) is 1.02. The van der Waals surface area contributed by atoms with E-state index < -0.39 is 0 Å². The van der Waals surface area contributed by atoms with E-state index in [0.717, 1.165) is 0 Å². The van der Waals surface area contributed by atoms with Crippen LogP contribution in [-0.4, -0.2) is 0 Å². The van der Waals surface area contributed by atoms with Gasteiger partial charge in [-0.1, -0.05) is 0 Å². The van der Waals surface area contributed by atoms with Crippen molar-refractivity contribution in [3.63, 3.8) is 0 Å². The normalized spacial score (nSPS) is 2.00. The molecule has 0 saturated heterocycles. The van der Waals surface area contributed by atoms with Crippen LogP contribution >= 0.6 is 0 Å². The monoisotopic (exact) mass is 148 g/mol. The van der Waals surface area contributed by atoms with Gasteiger partial charge in [0.2, 0.25) is 0 Å². The molecule has 5 heteroatoms. The van der Waals surface area contributed by atoms with Gasteiger partial charge in [0, 0.05) is 19.5 Å². The molecule has 0 radical (unpaired) electrons. The van der Waals surface area contributed by atoms with Crippen LogP contribution in [0.1, 0.15) is 0 Å².